The average molecular weight is 278 g/mol. The van der Waals surface area contributed by atoms with Gasteiger partial charge in [0, 0.05) is 6.42 Å². The van der Waals surface area contributed by atoms with Crippen molar-refractivity contribution in [2.24, 2.45) is 5.73 Å². The van der Waals surface area contributed by atoms with E-state index in [0.717, 1.165) is 6.42 Å². The number of rotatable bonds is 4. The van der Waals surface area contributed by atoms with Gasteiger partial charge in [0.2, 0.25) is 0 Å². The van der Waals surface area contributed by atoms with Crippen LogP contribution in [0.2, 0.25) is 8.67 Å². The minimum Gasteiger partial charge on any atom is -0.334 e. The topological polar surface area (TPSA) is 64.9 Å². The molecule has 0 aliphatic heterocycles. The zero-order chi connectivity index (χ0) is 11.5. The minimum absolute atomic E-state index is 0.403. The van der Waals surface area contributed by atoms with Crippen LogP contribution in [-0.4, -0.2) is 16.7 Å². The van der Waals surface area contributed by atoms with E-state index in [1.54, 1.807) is 6.07 Å². The summed E-state index contributed by atoms with van der Waals surface area (Å²) in [5, 5.41) is 3.84. The van der Waals surface area contributed by atoms with Gasteiger partial charge in [0.05, 0.1) is 9.90 Å². The average Bonchev–Trinajstić information content (AvgIpc) is 2.82. The van der Waals surface area contributed by atoms with Crippen LogP contribution in [0, 0.1) is 0 Å². The second-order valence-electron chi connectivity index (χ2n) is 3.15. The monoisotopic (exact) mass is 277 g/mol. The molecular weight excluding hydrogens is 269 g/mol. The number of thiophene rings is 1. The highest BCUT2D eigenvalue weighted by atomic mass is 35.5. The summed E-state index contributed by atoms with van der Waals surface area (Å²) >= 11 is 13.1. The van der Waals surface area contributed by atoms with Crippen molar-refractivity contribution >= 4 is 34.5 Å². The van der Waals surface area contributed by atoms with Crippen molar-refractivity contribution in [2.75, 3.05) is 6.54 Å². The van der Waals surface area contributed by atoms with Gasteiger partial charge in [0.15, 0.2) is 5.82 Å². The Hall–Kier alpha value is -0.620. The van der Waals surface area contributed by atoms with Gasteiger partial charge in [-0.2, -0.15) is 4.98 Å². The molecule has 0 saturated heterocycles. The molecule has 0 aliphatic carbocycles. The molecule has 0 aromatic carbocycles. The second-order valence-corrected chi connectivity index (χ2v) is 5.43. The van der Waals surface area contributed by atoms with Crippen molar-refractivity contribution in [1.82, 2.24) is 10.1 Å². The van der Waals surface area contributed by atoms with Gasteiger partial charge in [-0.05, 0) is 19.0 Å². The molecule has 4 nitrogen and oxygen atoms in total. The molecule has 16 heavy (non-hydrogen) atoms. The molecule has 7 heteroatoms. The van der Waals surface area contributed by atoms with Gasteiger partial charge < -0.3 is 10.3 Å². The van der Waals surface area contributed by atoms with Gasteiger partial charge in [0.25, 0.3) is 5.89 Å². The fourth-order valence-corrected chi connectivity index (χ4v) is 2.66. The Morgan fingerprint density at radius 2 is 2.25 bits per heavy atom. The zero-order valence-corrected chi connectivity index (χ0v) is 10.6. The minimum atomic E-state index is 0.403. The lowest BCUT2D eigenvalue weighted by atomic mass is 10.3. The first-order valence-electron chi connectivity index (χ1n) is 4.68. The Bertz CT molecular complexity index is 483. The van der Waals surface area contributed by atoms with Gasteiger partial charge >= 0.3 is 0 Å². The van der Waals surface area contributed by atoms with Gasteiger partial charge in [-0.15, -0.1) is 11.3 Å². The van der Waals surface area contributed by atoms with Crippen molar-refractivity contribution < 1.29 is 4.52 Å². The van der Waals surface area contributed by atoms with Gasteiger partial charge in [-0.25, -0.2) is 0 Å². The number of aromatic nitrogens is 2. The number of halogens is 2. The molecule has 0 bridgehead atoms. The lowest BCUT2D eigenvalue weighted by Crippen LogP contribution is -2.01. The normalized spacial score (nSPS) is 10.9. The number of nitrogens with zero attached hydrogens (tertiary/aromatic N) is 2. The molecule has 86 valence electrons. The molecule has 2 aromatic heterocycles. The molecule has 2 rings (SSSR count). The van der Waals surface area contributed by atoms with Crippen molar-refractivity contribution in [3.63, 3.8) is 0 Å². The summed E-state index contributed by atoms with van der Waals surface area (Å²) in [4.78, 5) is 4.22. The Labute approximate surface area is 106 Å². The maximum atomic E-state index is 5.98. The Morgan fingerprint density at radius 3 is 2.88 bits per heavy atom. The maximum absolute atomic E-state index is 5.98. The summed E-state index contributed by atoms with van der Waals surface area (Å²) < 4.78 is 6.26. The van der Waals surface area contributed by atoms with Crippen LogP contribution in [0.3, 0.4) is 0 Å². The molecule has 2 aromatic rings. The molecule has 2 N–H and O–H groups in total. The van der Waals surface area contributed by atoms with Crippen LogP contribution in [0.5, 0.6) is 0 Å². The fourth-order valence-electron chi connectivity index (χ4n) is 1.21. The van der Waals surface area contributed by atoms with E-state index >= 15 is 0 Å². The van der Waals surface area contributed by atoms with Gasteiger partial charge in [0.1, 0.15) is 4.34 Å². The SMILES string of the molecule is NCCCc1noc(-c2cc(Cl)sc2Cl)n1. The first-order chi connectivity index (χ1) is 7.70. The third-order valence-corrected chi connectivity index (χ3v) is 3.45. The predicted octanol–water partition coefficient (Wildman–Crippen LogP) is 3.00. The van der Waals surface area contributed by atoms with E-state index in [1.165, 1.54) is 11.3 Å². The summed E-state index contributed by atoms with van der Waals surface area (Å²) in [6, 6.07) is 1.72. The van der Waals surface area contributed by atoms with E-state index in [4.69, 9.17) is 33.5 Å². The second kappa shape index (κ2) is 5.14. The first kappa shape index (κ1) is 11.9. The Kier molecular flexibility index (Phi) is 3.81. The van der Waals surface area contributed by atoms with Crippen LogP contribution in [0.1, 0.15) is 12.2 Å². The third-order valence-electron chi connectivity index (χ3n) is 1.96. The lowest BCUT2D eigenvalue weighted by molar-refractivity contribution is 0.422. The molecule has 0 fully saturated rings. The Balaban J connectivity index is 2.21. The molecule has 0 unspecified atom stereocenters. The molecule has 2 heterocycles. The molecule has 0 atom stereocenters. The fraction of sp³-hybridized carbons (Fsp3) is 0.333. The first-order valence-corrected chi connectivity index (χ1v) is 6.26. The van der Waals surface area contributed by atoms with Crippen LogP contribution >= 0.6 is 34.5 Å². The van der Waals surface area contributed by atoms with Gasteiger partial charge in [-0.3, -0.25) is 0 Å². The largest absolute Gasteiger partial charge is 0.334 e. The van der Waals surface area contributed by atoms with Crippen molar-refractivity contribution in [3.05, 3.63) is 20.6 Å². The smallest absolute Gasteiger partial charge is 0.260 e. The van der Waals surface area contributed by atoms with E-state index in [2.05, 4.69) is 10.1 Å². The molecule has 0 amide bonds. The molecule has 0 spiro atoms. The van der Waals surface area contributed by atoms with Crippen LogP contribution in [0.4, 0.5) is 0 Å². The van der Waals surface area contributed by atoms with E-state index < -0.39 is 0 Å². The number of nitrogens with two attached hydrogens (primary N) is 1. The van der Waals surface area contributed by atoms with E-state index in [9.17, 15) is 0 Å². The quantitative estimate of drug-likeness (QED) is 0.933. The highest BCUT2D eigenvalue weighted by Gasteiger charge is 2.15. The highest BCUT2D eigenvalue weighted by molar-refractivity contribution is 7.20. The maximum Gasteiger partial charge on any atom is 0.260 e. The number of aryl methyl sites for hydroxylation is 1. The van der Waals surface area contributed by atoms with E-state index in [0.29, 0.717) is 38.9 Å². The van der Waals surface area contributed by atoms with Crippen LogP contribution < -0.4 is 5.73 Å². The number of hydrogen-bond donors (Lipinski definition) is 1. The lowest BCUT2D eigenvalue weighted by Gasteiger charge is -1.89. The molecular formula is C9H9Cl2N3OS. The Morgan fingerprint density at radius 1 is 1.44 bits per heavy atom. The van der Waals surface area contributed by atoms with E-state index in [1.807, 2.05) is 0 Å². The van der Waals surface area contributed by atoms with Crippen molar-refractivity contribution in [1.29, 1.82) is 0 Å². The molecule has 0 aliphatic rings. The van der Waals surface area contributed by atoms with Crippen molar-refractivity contribution in [3.8, 4) is 11.5 Å². The summed E-state index contributed by atoms with van der Waals surface area (Å²) in [6.45, 7) is 0.606. The predicted molar refractivity (Wildman–Crippen MR) is 65.0 cm³/mol. The summed E-state index contributed by atoms with van der Waals surface area (Å²) in [6.07, 6.45) is 1.53. The van der Waals surface area contributed by atoms with Crippen LogP contribution in [0.15, 0.2) is 10.6 Å². The zero-order valence-electron chi connectivity index (χ0n) is 8.24. The van der Waals surface area contributed by atoms with Crippen LogP contribution in [0.25, 0.3) is 11.5 Å². The summed E-state index contributed by atoms with van der Waals surface area (Å²) in [5.74, 6) is 1.04. The molecule has 0 saturated carbocycles. The highest BCUT2D eigenvalue weighted by Crippen LogP contribution is 2.37. The summed E-state index contributed by atoms with van der Waals surface area (Å²) in [5.41, 5.74) is 6.08. The van der Waals surface area contributed by atoms with Gasteiger partial charge in [-0.1, -0.05) is 28.4 Å². The molecule has 0 radical (unpaired) electrons. The van der Waals surface area contributed by atoms with Crippen LogP contribution in [-0.2, 0) is 6.42 Å². The number of hydrogen-bond acceptors (Lipinski definition) is 5. The summed E-state index contributed by atoms with van der Waals surface area (Å²) in [7, 11) is 0. The third kappa shape index (κ3) is 2.55. The standard InChI is InChI=1S/C9H9Cl2N3OS/c10-6-4-5(8(11)16-6)9-13-7(14-15-9)2-1-3-12/h4H,1-3,12H2. The van der Waals surface area contributed by atoms with E-state index in [-0.39, 0.29) is 0 Å². The van der Waals surface area contributed by atoms with Crippen molar-refractivity contribution in [2.45, 2.75) is 12.8 Å².